The standard InChI is InChI=1S/C27H31N3O2/c1-17-3-5-19(6-4-17)14-20-7-9-25-23(15-20)26(11-12-29-25)30-27(32)10-8-22-18(2)13-21(31)16-24(22)28/h3-7,9,13,15-16,26,29,31H,8,10-12,14,28H2,1-2H3,(H,30,32). The Morgan fingerprint density at radius 2 is 1.84 bits per heavy atom. The lowest BCUT2D eigenvalue weighted by molar-refractivity contribution is -0.121. The van der Waals surface area contributed by atoms with Crippen molar-refractivity contribution in [2.24, 2.45) is 0 Å². The minimum atomic E-state index is -0.00465. The Morgan fingerprint density at radius 1 is 1.09 bits per heavy atom. The number of hydrogen-bond acceptors (Lipinski definition) is 4. The first-order valence-corrected chi connectivity index (χ1v) is 11.2. The number of phenols is 1. The molecular weight excluding hydrogens is 398 g/mol. The Morgan fingerprint density at radius 3 is 2.59 bits per heavy atom. The van der Waals surface area contributed by atoms with Gasteiger partial charge in [0.05, 0.1) is 6.04 Å². The molecule has 1 atom stereocenters. The zero-order valence-electron chi connectivity index (χ0n) is 18.7. The molecule has 4 rings (SSSR count). The molecule has 1 unspecified atom stereocenters. The van der Waals surface area contributed by atoms with Gasteiger partial charge in [-0.2, -0.15) is 0 Å². The van der Waals surface area contributed by atoms with Crippen molar-refractivity contribution >= 4 is 17.3 Å². The van der Waals surface area contributed by atoms with Gasteiger partial charge in [-0.3, -0.25) is 4.79 Å². The molecule has 1 aliphatic heterocycles. The van der Waals surface area contributed by atoms with E-state index in [9.17, 15) is 9.90 Å². The smallest absolute Gasteiger partial charge is 0.220 e. The van der Waals surface area contributed by atoms with Gasteiger partial charge < -0.3 is 21.5 Å². The van der Waals surface area contributed by atoms with Crippen LogP contribution < -0.4 is 16.4 Å². The lowest BCUT2D eigenvalue weighted by Crippen LogP contribution is -2.33. The second kappa shape index (κ2) is 9.35. The quantitative estimate of drug-likeness (QED) is 0.425. The number of amides is 1. The summed E-state index contributed by atoms with van der Waals surface area (Å²) in [5.41, 5.74) is 14.4. The summed E-state index contributed by atoms with van der Waals surface area (Å²) >= 11 is 0. The van der Waals surface area contributed by atoms with E-state index < -0.39 is 0 Å². The third-order valence-electron chi connectivity index (χ3n) is 6.20. The van der Waals surface area contributed by atoms with Crippen molar-refractivity contribution in [2.75, 3.05) is 17.6 Å². The zero-order valence-corrected chi connectivity index (χ0v) is 18.7. The number of carbonyl (C=O) groups is 1. The molecule has 1 amide bonds. The van der Waals surface area contributed by atoms with E-state index in [-0.39, 0.29) is 17.7 Å². The molecule has 3 aromatic rings. The van der Waals surface area contributed by atoms with Crippen LogP contribution in [0.1, 0.15) is 52.3 Å². The Labute approximate surface area is 189 Å². The summed E-state index contributed by atoms with van der Waals surface area (Å²) in [5.74, 6) is 0.166. The molecule has 3 aromatic carbocycles. The lowest BCUT2D eigenvalue weighted by Gasteiger charge is -2.28. The molecule has 5 N–H and O–H groups in total. The van der Waals surface area contributed by atoms with Crippen molar-refractivity contribution in [1.29, 1.82) is 0 Å². The lowest BCUT2D eigenvalue weighted by atomic mass is 9.93. The van der Waals surface area contributed by atoms with Gasteiger partial charge in [-0.15, -0.1) is 0 Å². The molecule has 0 saturated carbocycles. The van der Waals surface area contributed by atoms with E-state index in [1.807, 2.05) is 6.92 Å². The molecule has 0 saturated heterocycles. The summed E-state index contributed by atoms with van der Waals surface area (Å²) in [4.78, 5) is 12.8. The van der Waals surface area contributed by atoms with Crippen LogP contribution in [0.3, 0.4) is 0 Å². The van der Waals surface area contributed by atoms with E-state index >= 15 is 0 Å². The number of nitrogens with one attached hydrogen (secondary N) is 2. The summed E-state index contributed by atoms with van der Waals surface area (Å²) in [5, 5.41) is 16.3. The number of benzene rings is 3. The maximum Gasteiger partial charge on any atom is 0.220 e. The normalized spacial score (nSPS) is 15.0. The van der Waals surface area contributed by atoms with Gasteiger partial charge in [0.25, 0.3) is 0 Å². The van der Waals surface area contributed by atoms with Gasteiger partial charge in [0.1, 0.15) is 5.75 Å². The number of nitrogens with two attached hydrogens (primary N) is 1. The predicted octanol–water partition coefficient (Wildman–Crippen LogP) is 4.79. The number of carbonyl (C=O) groups excluding carboxylic acids is 1. The Balaban J connectivity index is 1.44. The van der Waals surface area contributed by atoms with Gasteiger partial charge in [0, 0.05) is 30.4 Å². The molecule has 166 valence electrons. The van der Waals surface area contributed by atoms with E-state index in [1.165, 1.54) is 16.7 Å². The first-order valence-electron chi connectivity index (χ1n) is 11.2. The number of rotatable bonds is 6. The molecule has 32 heavy (non-hydrogen) atoms. The number of hydrogen-bond donors (Lipinski definition) is 4. The van der Waals surface area contributed by atoms with Crippen molar-refractivity contribution in [3.05, 3.63) is 88.0 Å². The number of fused-ring (bicyclic) bond motifs is 1. The molecule has 0 spiro atoms. The minimum absolute atomic E-state index is 0.00465. The molecule has 5 heteroatoms. The number of nitrogen functional groups attached to an aromatic ring is 1. The minimum Gasteiger partial charge on any atom is -0.508 e. The highest BCUT2D eigenvalue weighted by Gasteiger charge is 2.22. The molecule has 0 radical (unpaired) electrons. The third-order valence-corrected chi connectivity index (χ3v) is 6.20. The maximum absolute atomic E-state index is 12.8. The second-order valence-electron chi connectivity index (χ2n) is 8.75. The Hall–Kier alpha value is -3.47. The van der Waals surface area contributed by atoms with Crippen LogP contribution in [0, 0.1) is 13.8 Å². The van der Waals surface area contributed by atoms with Gasteiger partial charge in [0.2, 0.25) is 5.91 Å². The molecule has 1 aliphatic rings. The van der Waals surface area contributed by atoms with Crippen LogP contribution in [-0.2, 0) is 17.6 Å². The highest BCUT2D eigenvalue weighted by atomic mass is 16.3. The molecule has 1 heterocycles. The number of anilines is 2. The molecule has 0 aliphatic carbocycles. The fraction of sp³-hybridized carbons (Fsp3) is 0.296. The summed E-state index contributed by atoms with van der Waals surface area (Å²) < 4.78 is 0. The summed E-state index contributed by atoms with van der Waals surface area (Å²) in [6.07, 6.45) is 2.63. The van der Waals surface area contributed by atoms with Crippen molar-refractivity contribution < 1.29 is 9.90 Å². The van der Waals surface area contributed by atoms with Gasteiger partial charge >= 0.3 is 0 Å². The fourth-order valence-electron chi connectivity index (χ4n) is 4.44. The Kier molecular flexibility index (Phi) is 6.35. The highest BCUT2D eigenvalue weighted by molar-refractivity contribution is 5.78. The van der Waals surface area contributed by atoms with Crippen LogP contribution in [0.25, 0.3) is 0 Å². The SMILES string of the molecule is Cc1ccc(Cc2ccc3c(c2)C(NC(=O)CCc2c(C)cc(O)cc2N)CCN3)cc1. The monoisotopic (exact) mass is 429 g/mol. The van der Waals surface area contributed by atoms with E-state index in [1.54, 1.807) is 12.1 Å². The average molecular weight is 430 g/mol. The van der Waals surface area contributed by atoms with Crippen molar-refractivity contribution in [1.82, 2.24) is 5.32 Å². The van der Waals surface area contributed by atoms with Crippen molar-refractivity contribution in [3.63, 3.8) is 0 Å². The Bertz CT molecular complexity index is 1100. The van der Waals surface area contributed by atoms with E-state index in [0.29, 0.717) is 18.5 Å². The highest BCUT2D eigenvalue weighted by Crippen LogP contribution is 2.32. The van der Waals surface area contributed by atoms with E-state index in [0.717, 1.165) is 41.8 Å². The van der Waals surface area contributed by atoms with Crippen LogP contribution in [0.15, 0.2) is 54.6 Å². The summed E-state index contributed by atoms with van der Waals surface area (Å²) in [7, 11) is 0. The van der Waals surface area contributed by atoms with Crippen LogP contribution >= 0.6 is 0 Å². The van der Waals surface area contributed by atoms with Crippen molar-refractivity contribution in [2.45, 2.75) is 45.6 Å². The predicted molar refractivity (Wildman–Crippen MR) is 130 cm³/mol. The van der Waals surface area contributed by atoms with Crippen LogP contribution in [0.5, 0.6) is 5.75 Å². The van der Waals surface area contributed by atoms with E-state index in [2.05, 4.69) is 60.0 Å². The van der Waals surface area contributed by atoms with Gasteiger partial charge in [-0.05, 0) is 73.1 Å². The topological polar surface area (TPSA) is 87.4 Å². The first kappa shape index (κ1) is 21.8. The summed E-state index contributed by atoms with van der Waals surface area (Å²) in [6, 6.07) is 18.3. The average Bonchev–Trinajstić information content (AvgIpc) is 2.75. The van der Waals surface area contributed by atoms with Crippen molar-refractivity contribution in [3.8, 4) is 5.75 Å². The van der Waals surface area contributed by atoms with Gasteiger partial charge in [-0.25, -0.2) is 0 Å². The molecule has 0 fully saturated rings. The largest absolute Gasteiger partial charge is 0.508 e. The van der Waals surface area contributed by atoms with Gasteiger partial charge in [0.15, 0.2) is 0 Å². The number of aromatic hydroxyl groups is 1. The first-order chi connectivity index (χ1) is 15.4. The zero-order chi connectivity index (χ0) is 22.7. The number of aryl methyl sites for hydroxylation is 2. The van der Waals surface area contributed by atoms with E-state index in [4.69, 9.17) is 5.73 Å². The van der Waals surface area contributed by atoms with Crippen LogP contribution in [-0.4, -0.2) is 17.6 Å². The van der Waals surface area contributed by atoms with Crippen LogP contribution in [0.4, 0.5) is 11.4 Å². The molecule has 0 bridgehead atoms. The van der Waals surface area contributed by atoms with Gasteiger partial charge in [-0.1, -0.05) is 42.0 Å². The summed E-state index contributed by atoms with van der Waals surface area (Å²) in [6.45, 7) is 4.83. The maximum atomic E-state index is 12.8. The number of phenolic OH excluding ortho intramolecular Hbond substituents is 1. The molecular formula is C27H31N3O2. The molecule has 5 nitrogen and oxygen atoms in total. The van der Waals surface area contributed by atoms with Crippen LogP contribution in [0.2, 0.25) is 0 Å². The fourth-order valence-corrected chi connectivity index (χ4v) is 4.44. The third kappa shape index (κ3) is 5.05. The molecule has 0 aromatic heterocycles. The second-order valence-corrected chi connectivity index (χ2v) is 8.75.